The summed E-state index contributed by atoms with van der Waals surface area (Å²) in [5.74, 6) is -0.0897. The Morgan fingerprint density at radius 3 is 2.59 bits per heavy atom. The molecule has 0 unspecified atom stereocenters. The summed E-state index contributed by atoms with van der Waals surface area (Å²) in [7, 11) is 0. The van der Waals surface area contributed by atoms with Gasteiger partial charge in [0.05, 0.1) is 34.5 Å². The SMILES string of the molecule is CC(C)(O)c1ncc(OCCN2CCC3(CC2)C(=O)Nc2ccc(C#N)cc23)cc1C(F)(F)F. The maximum absolute atomic E-state index is 13.4. The van der Waals surface area contributed by atoms with Gasteiger partial charge in [-0.05, 0) is 69.6 Å². The monoisotopic (exact) mass is 474 g/mol. The number of anilines is 1. The molecule has 2 aliphatic heterocycles. The number of piperidine rings is 1. The van der Waals surface area contributed by atoms with Gasteiger partial charge in [-0.1, -0.05) is 0 Å². The Kier molecular flexibility index (Phi) is 6.04. The molecule has 0 aliphatic carbocycles. The van der Waals surface area contributed by atoms with Crippen LogP contribution >= 0.6 is 0 Å². The minimum Gasteiger partial charge on any atom is -0.491 e. The highest BCUT2D eigenvalue weighted by Crippen LogP contribution is 2.45. The zero-order valence-electron chi connectivity index (χ0n) is 18.9. The number of hydrogen-bond acceptors (Lipinski definition) is 6. The second-order valence-electron chi connectivity index (χ2n) is 9.22. The van der Waals surface area contributed by atoms with Gasteiger partial charge < -0.3 is 15.2 Å². The van der Waals surface area contributed by atoms with Gasteiger partial charge in [-0.3, -0.25) is 14.7 Å². The number of nitrogens with zero attached hydrogens (tertiary/aromatic N) is 3. The first-order valence-corrected chi connectivity index (χ1v) is 11.0. The lowest BCUT2D eigenvalue weighted by Gasteiger charge is -2.38. The molecule has 2 aliphatic rings. The second-order valence-corrected chi connectivity index (χ2v) is 9.22. The van der Waals surface area contributed by atoms with E-state index in [1.165, 1.54) is 20.0 Å². The van der Waals surface area contributed by atoms with E-state index in [0.717, 1.165) is 17.3 Å². The number of amides is 1. The Hall–Kier alpha value is -3.16. The Bertz CT molecular complexity index is 1140. The van der Waals surface area contributed by atoms with Crippen molar-refractivity contribution in [1.29, 1.82) is 5.26 Å². The van der Waals surface area contributed by atoms with Crippen LogP contribution in [0.2, 0.25) is 0 Å². The lowest BCUT2D eigenvalue weighted by molar-refractivity contribution is -0.140. The van der Waals surface area contributed by atoms with Gasteiger partial charge in [-0.15, -0.1) is 0 Å². The number of aromatic nitrogens is 1. The maximum atomic E-state index is 13.4. The van der Waals surface area contributed by atoms with Crippen LogP contribution in [0.3, 0.4) is 0 Å². The molecule has 4 rings (SSSR count). The van der Waals surface area contributed by atoms with Crippen molar-refractivity contribution in [1.82, 2.24) is 9.88 Å². The summed E-state index contributed by atoms with van der Waals surface area (Å²) in [6.45, 7) is 4.33. The summed E-state index contributed by atoms with van der Waals surface area (Å²) >= 11 is 0. The lowest BCUT2D eigenvalue weighted by atomic mass is 9.73. The van der Waals surface area contributed by atoms with E-state index in [2.05, 4.69) is 21.3 Å². The van der Waals surface area contributed by atoms with Crippen molar-refractivity contribution < 1.29 is 27.8 Å². The normalized spacial score (nSPS) is 17.9. The number of halogens is 3. The van der Waals surface area contributed by atoms with Crippen LogP contribution in [0.25, 0.3) is 0 Å². The quantitative estimate of drug-likeness (QED) is 0.688. The van der Waals surface area contributed by atoms with Crippen LogP contribution < -0.4 is 10.1 Å². The molecule has 34 heavy (non-hydrogen) atoms. The number of hydrogen-bond donors (Lipinski definition) is 2. The molecule has 1 fully saturated rings. The van der Waals surface area contributed by atoms with E-state index in [-0.39, 0.29) is 18.3 Å². The third-order valence-electron chi connectivity index (χ3n) is 6.48. The Balaban J connectivity index is 1.38. The Morgan fingerprint density at radius 2 is 1.97 bits per heavy atom. The van der Waals surface area contributed by atoms with E-state index in [1.807, 2.05) is 0 Å². The van der Waals surface area contributed by atoms with Gasteiger partial charge >= 0.3 is 6.18 Å². The number of benzene rings is 1. The van der Waals surface area contributed by atoms with Crippen molar-refractivity contribution in [2.24, 2.45) is 0 Å². The maximum Gasteiger partial charge on any atom is 0.418 e. The summed E-state index contributed by atoms with van der Waals surface area (Å²) in [4.78, 5) is 18.7. The number of ether oxygens (including phenoxy) is 1. The molecule has 2 aromatic rings. The third kappa shape index (κ3) is 4.45. The number of carbonyl (C=O) groups excluding carboxylic acids is 1. The number of alkyl halides is 3. The standard InChI is InChI=1S/C24H25F3N4O3/c1-22(2,33)20-18(24(25,26)27)12-16(14-29-20)34-10-9-31-7-5-23(6-8-31)17-11-15(13-28)3-4-19(17)30-21(23)32/h3-4,11-12,14,33H,5-10H2,1-2H3,(H,30,32). The van der Waals surface area contributed by atoms with Crippen LogP contribution in [0, 0.1) is 11.3 Å². The summed E-state index contributed by atoms with van der Waals surface area (Å²) in [6.07, 6.45) is -2.35. The highest BCUT2D eigenvalue weighted by atomic mass is 19.4. The topological polar surface area (TPSA) is 98.5 Å². The Labute approximate surface area is 195 Å². The number of carbonyl (C=O) groups is 1. The average Bonchev–Trinajstić information content (AvgIpc) is 3.04. The molecule has 1 saturated heterocycles. The summed E-state index contributed by atoms with van der Waals surface area (Å²) in [6, 6.07) is 8.18. The lowest BCUT2D eigenvalue weighted by Crippen LogP contribution is -2.47. The molecule has 0 bridgehead atoms. The van der Waals surface area contributed by atoms with Gasteiger partial charge in [0.1, 0.15) is 18.0 Å². The molecule has 1 amide bonds. The number of nitriles is 1. The molecule has 1 spiro atoms. The van der Waals surface area contributed by atoms with Crippen molar-refractivity contribution in [3.63, 3.8) is 0 Å². The van der Waals surface area contributed by atoms with Crippen LogP contribution in [0.15, 0.2) is 30.5 Å². The van der Waals surface area contributed by atoms with Gasteiger partial charge in [0.25, 0.3) is 0 Å². The fraction of sp³-hybridized carbons (Fsp3) is 0.458. The van der Waals surface area contributed by atoms with E-state index in [4.69, 9.17) is 4.74 Å². The van der Waals surface area contributed by atoms with E-state index in [9.17, 15) is 28.3 Å². The molecule has 7 nitrogen and oxygen atoms in total. The van der Waals surface area contributed by atoms with Crippen molar-refractivity contribution in [2.45, 2.75) is 43.9 Å². The van der Waals surface area contributed by atoms with Gasteiger partial charge in [0, 0.05) is 12.2 Å². The first-order valence-electron chi connectivity index (χ1n) is 11.0. The minimum absolute atomic E-state index is 0.0260. The highest BCUT2D eigenvalue weighted by Gasteiger charge is 2.48. The highest BCUT2D eigenvalue weighted by molar-refractivity contribution is 6.06. The number of rotatable bonds is 5. The summed E-state index contributed by atoms with van der Waals surface area (Å²) in [5.41, 5.74) is -1.80. The average molecular weight is 474 g/mol. The molecule has 0 radical (unpaired) electrons. The van der Waals surface area contributed by atoms with Crippen molar-refractivity contribution >= 4 is 11.6 Å². The molecule has 3 heterocycles. The number of aliphatic hydroxyl groups is 1. The van der Waals surface area contributed by atoms with E-state index in [0.29, 0.717) is 38.0 Å². The largest absolute Gasteiger partial charge is 0.491 e. The van der Waals surface area contributed by atoms with Crippen molar-refractivity contribution in [3.05, 3.63) is 52.8 Å². The summed E-state index contributed by atoms with van der Waals surface area (Å²) < 4.78 is 45.8. The fourth-order valence-electron chi connectivity index (χ4n) is 4.66. The van der Waals surface area contributed by atoms with Crippen LogP contribution in [0.5, 0.6) is 5.75 Å². The second kappa shape index (κ2) is 8.56. The van der Waals surface area contributed by atoms with Gasteiger partial charge in [0.15, 0.2) is 0 Å². The molecule has 180 valence electrons. The zero-order chi connectivity index (χ0) is 24.7. The molecule has 2 N–H and O–H groups in total. The Morgan fingerprint density at radius 1 is 1.26 bits per heavy atom. The zero-order valence-corrected chi connectivity index (χ0v) is 18.9. The molecule has 10 heteroatoms. The molecule has 0 atom stereocenters. The first-order chi connectivity index (χ1) is 15.9. The molecule has 1 aromatic carbocycles. The molecular formula is C24H25F3N4O3. The van der Waals surface area contributed by atoms with Gasteiger partial charge in [0.2, 0.25) is 5.91 Å². The predicted octanol–water partition coefficient (Wildman–Crippen LogP) is 3.56. The first kappa shape index (κ1) is 24.0. The van der Waals surface area contributed by atoms with Gasteiger partial charge in [-0.2, -0.15) is 18.4 Å². The third-order valence-corrected chi connectivity index (χ3v) is 6.48. The van der Waals surface area contributed by atoms with Crippen molar-refractivity contribution in [3.8, 4) is 11.8 Å². The predicted molar refractivity (Wildman–Crippen MR) is 117 cm³/mol. The molecular weight excluding hydrogens is 449 g/mol. The van der Waals surface area contributed by atoms with E-state index in [1.54, 1.807) is 18.2 Å². The number of likely N-dealkylation sites (tertiary alicyclic amines) is 1. The number of pyridine rings is 1. The van der Waals surface area contributed by atoms with Crippen LogP contribution in [-0.2, 0) is 22.0 Å². The number of fused-ring (bicyclic) bond motifs is 2. The minimum atomic E-state index is -4.67. The van der Waals surface area contributed by atoms with E-state index >= 15 is 0 Å². The molecule has 1 aromatic heterocycles. The van der Waals surface area contributed by atoms with E-state index < -0.39 is 28.4 Å². The van der Waals surface area contributed by atoms with Crippen LogP contribution in [0.1, 0.15) is 49.1 Å². The van der Waals surface area contributed by atoms with Crippen LogP contribution in [-0.4, -0.2) is 47.1 Å². The fourth-order valence-corrected chi connectivity index (χ4v) is 4.66. The van der Waals surface area contributed by atoms with Gasteiger partial charge in [-0.25, -0.2) is 0 Å². The van der Waals surface area contributed by atoms with Crippen LogP contribution in [0.4, 0.5) is 18.9 Å². The number of nitrogens with one attached hydrogen (secondary N) is 1. The smallest absolute Gasteiger partial charge is 0.418 e. The van der Waals surface area contributed by atoms with Crippen molar-refractivity contribution in [2.75, 3.05) is 31.6 Å². The molecule has 0 saturated carbocycles. The summed E-state index contributed by atoms with van der Waals surface area (Å²) in [5, 5.41) is 22.1.